The molecule has 1 aromatic heterocycles. The summed E-state index contributed by atoms with van der Waals surface area (Å²) >= 11 is 1.29. The van der Waals surface area contributed by atoms with Gasteiger partial charge in [0.2, 0.25) is 0 Å². The van der Waals surface area contributed by atoms with Crippen molar-refractivity contribution >= 4 is 23.4 Å². The molecular weight excluding hydrogens is 461 g/mol. The van der Waals surface area contributed by atoms with E-state index in [1.165, 1.54) is 30.6 Å². The predicted molar refractivity (Wildman–Crippen MR) is 114 cm³/mol. The minimum Gasteiger partial charge on any atom is -0.487 e. The average molecular weight is 480 g/mol. The highest BCUT2D eigenvalue weighted by atomic mass is 32.1. The molecule has 0 aliphatic carbocycles. The Labute approximate surface area is 191 Å². The quantitative estimate of drug-likeness (QED) is 0.485. The maximum Gasteiger partial charge on any atom is 0.416 e. The van der Waals surface area contributed by atoms with Crippen LogP contribution in [0.4, 0.5) is 18.0 Å². The second-order valence-corrected chi connectivity index (χ2v) is 7.73. The molecule has 1 amide bonds. The summed E-state index contributed by atoms with van der Waals surface area (Å²) in [6.45, 7) is -0.370. The molecular formula is C22H19F3N2O5S. The van der Waals surface area contributed by atoms with Gasteiger partial charge in [-0.25, -0.2) is 9.78 Å². The van der Waals surface area contributed by atoms with Crippen LogP contribution in [0.5, 0.6) is 5.75 Å². The van der Waals surface area contributed by atoms with E-state index in [0.29, 0.717) is 27.6 Å². The van der Waals surface area contributed by atoms with Gasteiger partial charge in [-0.1, -0.05) is 24.3 Å². The molecule has 0 radical (unpaired) electrons. The normalized spacial score (nSPS) is 11.2. The van der Waals surface area contributed by atoms with E-state index in [4.69, 9.17) is 9.84 Å². The molecule has 0 unspecified atom stereocenters. The average Bonchev–Trinajstić information content (AvgIpc) is 3.25. The molecule has 174 valence electrons. The Hall–Kier alpha value is -3.60. The molecule has 0 saturated carbocycles. The van der Waals surface area contributed by atoms with Crippen LogP contribution < -0.4 is 4.74 Å². The van der Waals surface area contributed by atoms with Gasteiger partial charge in [0.15, 0.2) is 0 Å². The Bertz CT molecular complexity index is 1120. The van der Waals surface area contributed by atoms with Crippen LogP contribution in [-0.2, 0) is 28.9 Å². The Morgan fingerprint density at radius 1 is 1.15 bits per heavy atom. The Balaban J connectivity index is 1.63. The molecule has 0 saturated heterocycles. The van der Waals surface area contributed by atoms with Crippen molar-refractivity contribution in [2.24, 2.45) is 0 Å². The third kappa shape index (κ3) is 6.69. The van der Waals surface area contributed by atoms with Crippen LogP contribution in [0, 0.1) is 0 Å². The summed E-state index contributed by atoms with van der Waals surface area (Å²) in [4.78, 5) is 28.2. The van der Waals surface area contributed by atoms with E-state index in [2.05, 4.69) is 9.72 Å². The smallest absolute Gasteiger partial charge is 0.416 e. The number of rotatable bonds is 8. The lowest BCUT2D eigenvalue weighted by Crippen LogP contribution is -2.35. The second kappa shape index (κ2) is 10.3. The predicted octanol–water partition coefficient (Wildman–Crippen LogP) is 5.06. The third-order valence-electron chi connectivity index (χ3n) is 4.43. The lowest BCUT2D eigenvalue weighted by Gasteiger charge is -2.19. The molecule has 0 aliphatic rings. The zero-order valence-electron chi connectivity index (χ0n) is 17.3. The van der Waals surface area contributed by atoms with Gasteiger partial charge in [0.25, 0.3) is 0 Å². The fraction of sp³-hybridized carbons (Fsp3) is 0.227. The summed E-state index contributed by atoms with van der Waals surface area (Å²) in [6, 6.07) is 11.6. The largest absolute Gasteiger partial charge is 0.487 e. The van der Waals surface area contributed by atoms with Crippen LogP contribution in [0.2, 0.25) is 0 Å². The first-order valence-electron chi connectivity index (χ1n) is 9.54. The molecule has 0 fully saturated rings. The Morgan fingerprint density at radius 2 is 1.88 bits per heavy atom. The molecule has 3 rings (SSSR count). The van der Waals surface area contributed by atoms with Gasteiger partial charge in [-0.2, -0.15) is 13.2 Å². The van der Waals surface area contributed by atoms with E-state index in [-0.39, 0.29) is 13.2 Å². The van der Waals surface area contributed by atoms with Crippen molar-refractivity contribution in [2.75, 3.05) is 13.7 Å². The Kier molecular flexibility index (Phi) is 7.54. The van der Waals surface area contributed by atoms with E-state index >= 15 is 0 Å². The van der Waals surface area contributed by atoms with Crippen molar-refractivity contribution in [3.63, 3.8) is 0 Å². The lowest BCUT2D eigenvalue weighted by atomic mass is 10.1. The molecule has 1 heterocycles. The highest BCUT2D eigenvalue weighted by Gasteiger charge is 2.30. The van der Waals surface area contributed by atoms with Crippen LogP contribution in [0.15, 0.2) is 53.9 Å². The molecule has 1 N–H and O–H groups in total. The molecule has 7 nitrogen and oxygen atoms in total. The van der Waals surface area contributed by atoms with E-state index in [1.54, 1.807) is 29.6 Å². The van der Waals surface area contributed by atoms with E-state index in [0.717, 1.165) is 17.0 Å². The molecule has 0 atom stereocenters. The Morgan fingerprint density at radius 3 is 2.52 bits per heavy atom. The summed E-state index contributed by atoms with van der Waals surface area (Å²) in [7, 11) is 1.17. The van der Waals surface area contributed by atoms with Crippen molar-refractivity contribution in [3.8, 4) is 16.3 Å². The number of aromatic nitrogens is 1. The van der Waals surface area contributed by atoms with Crippen LogP contribution in [0.3, 0.4) is 0 Å². The summed E-state index contributed by atoms with van der Waals surface area (Å²) in [6.07, 6.45) is -5.15. The minimum atomic E-state index is -4.39. The number of benzene rings is 2. The van der Waals surface area contributed by atoms with Gasteiger partial charge in [0.05, 0.1) is 18.4 Å². The number of aliphatic carboxylic acids is 1. The standard InChI is InChI=1S/C22H19F3N2O5S/c1-31-21(30)27(11-19(28)29)10-14-3-2-4-18(9-14)32-12-17-13-33-20(26-17)15-5-7-16(8-6-15)22(23,24)25/h2-9,13H,10-12H2,1H3,(H,28,29). The number of nitrogens with zero attached hydrogens (tertiary/aromatic N) is 2. The highest BCUT2D eigenvalue weighted by Crippen LogP contribution is 2.32. The number of hydrogen-bond acceptors (Lipinski definition) is 6. The molecule has 0 bridgehead atoms. The summed E-state index contributed by atoms with van der Waals surface area (Å²) < 4.78 is 48.5. The molecule has 0 spiro atoms. The van der Waals surface area contributed by atoms with Crippen molar-refractivity contribution < 1.29 is 37.3 Å². The van der Waals surface area contributed by atoms with Gasteiger partial charge < -0.3 is 14.6 Å². The van der Waals surface area contributed by atoms with Crippen molar-refractivity contribution in [1.29, 1.82) is 0 Å². The molecule has 2 aromatic carbocycles. The van der Waals surface area contributed by atoms with Gasteiger partial charge >= 0.3 is 18.2 Å². The van der Waals surface area contributed by atoms with Crippen molar-refractivity contribution in [3.05, 3.63) is 70.7 Å². The van der Waals surface area contributed by atoms with E-state index < -0.39 is 30.3 Å². The molecule has 0 aliphatic heterocycles. The van der Waals surface area contributed by atoms with Gasteiger partial charge in [-0.15, -0.1) is 11.3 Å². The number of halogens is 3. The minimum absolute atomic E-state index is 0.0188. The van der Waals surface area contributed by atoms with E-state index in [9.17, 15) is 22.8 Å². The molecule has 11 heteroatoms. The number of carboxylic acids is 1. The molecule has 33 heavy (non-hydrogen) atoms. The maximum absolute atomic E-state index is 12.7. The highest BCUT2D eigenvalue weighted by molar-refractivity contribution is 7.13. The zero-order valence-corrected chi connectivity index (χ0v) is 18.2. The fourth-order valence-corrected chi connectivity index (χ4v) is 3.71. The number of carbonyl (C=O) groups is 2. The van der Waals surface area contributed by atoms with Gasteiger partial charge in [-0.05, 0) is 29.8 Å². The number of carbonyl (C=O) groups excluding carboxylic acids is 1. The number of methoxy groups -OCH3 is 1. The first-order chi connectivity index (χ1) is 15.7. The van der Waals surface area contributed by atoms with Crippen LogP contribution in [-0.4, -0.2) is 40.7 Å². The first-order valence-corrected chi connectivity index (χ1v) is 10.4. The number of hydrogen-bond donors (Lipinski definition) is 1. The second-order valence-electron chi connectivity index (χ2n) is 6.88. The number of ether oxygens (including phenoxy) is 2. The van der Waals surface area contributed by atoms with Crippen LogP contribution >= 0.6 is 11.3 Å². The van der Waals surface area contributed by atoms with Gasteiger partial charge in [0.1, 0.15) is 23.9 Å². The van der Waals surface area contributed by atoms with Crippen molar-refractivity contribution in [2.45, 2.75) is 19.3 Å². The number of alkyl halides is 3. The zero-order chi connectivity index (χ0) is 24.0. The van der Waals surface area contributed by atoms with Gasteiger partial charge in [0, 0.05) is 17.5 Å². The van der Waals surface area contributed by atoms with Crippen LogP contribution in [0.25, 0.3) is 10.6 Å². The number of carboxylic acid groups (broad SMARTS) is 1. The topological polar surface area (TPSA) is 89.0 Å². The lowest BCUT2D eigenvalue weighted by molar-refractivity contribution is -0.138. The van der Waals surface area contributed by atoms with Gasteiger partial charge in [-0.3, -0.25) is 9.69 Å². The maximum atomic E-state index is 12.7. The van der Waals surface area contributed by atoms with Crippen molar-refractivity contribution in [1.82, 2.24) is 9.88 Å². The summed E-state index contributed by atoms with van der Waals surface area (Å²) in [5.74, 6) is -0.683. The van der Waals surface area contributed by atoms with Crippen LogP contribution in [0.1, 0.15) is 16.8 Å². The monoisotopic (exact) mass is 480 g/mol. The SMILES string of the molecule is COC(=O)N(CC(=O)O)Cc1cccc(OCc2csc(-c3ccc(C(F)(F)F)cc3)n2)c1. The summed E-state index contributed by atoms with van der Waals surface area (Å²) in [5.41, 5.74) is 1.09. The summed E-state index contributed by atoms with van der Waals surface area (Å²) in [5, 5.41) is 11.3. The fourth-order valence-electron chi connectivity index (χ4n) is 2.90. The third-order valence-corrected chi connectivity index (χ3v) is 5.37. The first kappa shape index (κ1) is 24.1. The number of amides is 1. The van der Waals surface area contributed by atoms with E-state index in [1.807, 2.05) is 0 Å². The number of thiazole rings is 1. The molecule has 3 aromatic rings.